The average molecular weight is 289 g/mol. The summed E-state index contributed by atoms with van der Waals surface area (Å²) in [7, 11) is 0. The number of para-hydroxylation sites is 1. The molecule has 1 aliphatic rings. The molecule has 0 fully saturated rings. The summed E-state index contributed by atoms with van der Waals surface area (Å²) >= 11 is 1.81. The van der Waals surface area contributed by atoms with Gasteiger partial charge in [0.15, 0.2) is 11.5 Å². The molecule has 1 aromatic carbocycles. The molecule has 0 unspecified atom stereocenters. The van der Waals surface area contributed by atoms with Crippen LogP contribution in [-0.2, 0) is 13.0 Å². The lowest BCUT2D eigenvalue weighted by molar-refractivity contribution is 0.296. The normalized spacial score (nSPS) is 14.0. The number of benzene rings is 1. The van der Waals surface area contributed by atoms with Crippen LogP contribution < -0.4 is 14.8 Å². The molecule has 4 heteroatoms. The molecular formula is C16H19NO2S. The SMILES string of the molecule is c1csc(CCNCc2cccc3c2OCCCO3)c1. The van der Waals surface area contributed by atoms with Crippen molar-refractivity contribution in [2.75, 3.05) is 19.8 Å². The zero-order valence-corrected chi connectivity index (χ0v) is 12.2. The number of ether oxygens (including phenoxy) is 2. The second-order valence-electron chi connectivity index (χ2n) is 4.80. The molecule has 106 valence electrons. The van der Waals surface area contributed by atoms with E-state index in [1.807, 2.05) is 23.5 Å². The van der Waals surface area contributed by atoms with E-state index in [4.69, 9.17) is 9.47 Å². The van der Waals surface area contributed by atoms with Crippen LogP contribution in [0.3, 0.4) is 0 Å². The molecule has 0 aliphatic carbocycles. The Hall–Kier alpha value is -1.52. The van der Waals surface area contributed by atoms with Gasteiger partial charge in [0.2, 0.25) is 0 Å². The first-order chi connectivity index (χ1) is 9.93. The predicted octanol–water partition coefficient (Wildman–Crippen LogP) is 3.24. The highest BCUT2D eigenvalue weighted by Crippen LogP contribution is 2.33. The van der Waals surface area contributed by atoms with E-state index in [0.29, 0.717) is 0 Å². The van der Waals surface area contributed by atoms with Crippen LogP contribution in [0.1, 0.15) is 16.9 Å². The monoisotopic (exact) mass is 289 g/mol. The van der Waals surface area contributed by atoms with Gasteiger partial charge < -0.3 is 14.8 Å². The van der Waals surface area contributed by atoms with Crippen LogP contribution in [0, 0.1) is 0 Å². The number of hydrogen-bond donors (Lipinski definition) is 1. The fourth-order valence-corrected chi connectivity index (χ4v) is 2.99. The van der Waals surface area contributed by atoms with Gasteiger partial charge in [0.25, 0.3) is 0 Å². The fourth-order valence-electron chi connectivity index (χ4n) is 2.28. The van der Waals surface area contributed by atoms with Crippen LogP contribution in [0.25, 0.3) is 0 Å². The summed E-state index contributed by atoms with van der Waals surface area (Å²) in [6.07, 6.45) is 2.02. The predicted molar refractivity (Wildman–Crippen MR) is 81.8 cm³/mol. The third-order valence-electron chi connectivity index (χ3n) is 3.30. The second kappa shape index (κ2) is 6.77. The van der Waals surface area contributed by atoms with Gasteiger partial charge in [-0.05, 0) is 23.9 Å². The van der Waals surface area contributed by atoms with Gasteiger partial charge in [-0.15, -0.1) is 11.3 Å². The van der Waals surface area contributed by atoms with E-state index in [1.54, 1.807) is 0 Å². The highest BCUT2D eigenvalue weighted by Gasteiger charge is 2.13. The molecule has 0 radical (unpaired) electrons. The summed E-state index contributed by atoms with van der Waals surface area (Å²) < 4.78 is 11.5. The molecule has 3 nitrogen and oxygen atoms in total. The Bertz CT molecular complexity index is 539. The number of rotatable bonds is 5. The highest BCUT2D eigenvalue weighted by molar-refractivity contribution is 7.09. The smallest absolute Gasteiger partial charge is 0.165 e. The van der Waals surface area contributed by atoms with Gasteiger partial charge in [-0.3, -0.25) is 0 Å². The molecule has 2 aromatic rings. The van der Waals surface area contributed by atoms with Gasteiger partial charge in [0.1, 0.15) is 0 Å². The van der Waals surface area contributed by atoms with Crippen LogP contribution in [0.5, 0.6) is 11.5 Å². The first-order valence-electron chi connectivity index (χ1n) is 7.04. The topological polar surface area (TPSA) is 30.5 Å². The third kappa shape index (κ3) is 3.32. The lowest BCUT2D eigenvalue weighted by atomic mass is 10.2. The van der Waals surface area contributed by atoms with Crippen molar-refractivity contribution in [3.05, 3.63) is 46.2 Å². The van der Waals surface area contributed by atoms with E-state index in [2.05, 4.69) is 28.9 Å². The van der Waals surface area contributed by atoms with Crippen molar-refractivity contribution < 1.29 is 9.47 Å². The van der Waals surface area contributed by atoms with E-state index >= 15 is 0 Å². The Morgan fingerprint density at radius 2 is 2.05 bits per heavy atom. The zero-order chi connectivity index (χ0) is 13.6. The molecule has 0 spiro atoms. The molecule has 2 heterocycles. The van der Waals surface area contributed by atoms with Gasteiger partial charge in [0.05, 0.1) is 13.2 Å². The minimum atomic E-state index is 0.735. The lowest BCUT2D eigenvalue weighted by Crippen LogP contribution is -2.17. The molecule has 0 saturated heterocycles. The van der Waals surface area contributed by atoms with Crippen LogP contribution in [0.4, 0.5) is 0 Å². The van der Waals surface area contributed by atoms with Crippen LogP contribution in [0.15, 0.2) is 35.7 Å². The van der Waals surface area contributed by atoms with Crippen molar-refractivity contribution in [3.8, 4) is 11.5 Å². The van der Waals surface area contributed by atoms with Crippen molar-refractivity contribution in [1.29, 1.82) is 0 Å². The summed E-state index contributed by atoms with van der Waals surface area (Å²) in [6, 6.07) is 10.4. The van der Waals surface area contributed by atoms with E-state index in [9.17, 15) is 0 Å². The maximum absolute atomic E-state index is 5.82. The molecule has 1 N–H and O–H groups in total. The summed E-state index contributed by atoms with van der Waals surface area (Å²) in [5.74, 6) is 1.79. The summed E-state index contributed by atoms with van der Waals surface area (Å²) in [4.78, 5) is 1.42. The van der Waals surface area contributed by atoms with Gasteiger partial charge in [-0.1, -0.05) is 18.2 Å². The van der Waals surface area contributed by atoms with Crippen molar-refractivity contribution in [2.24, 2.45) is 0 Å². The van der Waals surface area contributed by atoms with Gasteiger partial charge in [-0.25, -0.2) is 0 Å². The Kier molecular flexibility index (Phi) is 4.56. The number of thiophene rings is 1. The number of hydrogen-bond acceptors (Lipinski definition) is 4. The Morgan fingerprint density at radius 1 is 1.10 bits per heavy atom. The average Bonchev–Trinajstić information content (AvgIpc) is 2.87. The van der Waals surface area contributed by atoms with E-state index in [-0.39, 0.29) is 0 Å². The van der Waals surface area contributed by atoms with E-state index in [1.165, 1.54) is 10.4 Å². The van der Waals surface area contributed by atoms with Crippen molar-refractivity contribution >= 4 is 11.3 Å². The lowest BCUT2D eigenvalue weighted by Gasteiger charge is -2.12. The van der Waals surface area contributed by atoms with Crippen LogP contribution in [-0.4, -0.2) is 19.8 Å². The minimum absolute atomic E-state index is 0.735. The molecule has 0 saturated carbocycles. The van der Waals surface area contributed by atoms with Crippen molar-refractivity contribution in [2.45, 2.75) is 19.4 Å². The highest BCUT2D eigenvalue weighted by atomic mass is 32.1. The largest absolute Gasteiger partial charge is 0.490 e. The molecular weight excluding hydrogens is 270 g/mol. The molecule has 0 atom stereocenters. The molecule has 3 rings (SSSR count). The zero-order valence-electron chi connectivity index (χ0n) is 11.4. The Balaban J connectivity index is 1.57. The summed E-state index contributed by atoms with van der Waals surface area (Å²) in [6.45, 7) is 3.27. The maximum Gasteiger partial charge on any atom is 0.165 e. The second-order valence-corrected chi connectivity index (χ2v) is 5.83. The number of fused-ring (bicyclic) bond motifs is 1. The first kappa shape index (κ1) is 13.5. The molecule has 0 amide bonds. The fraction of sp³-hybridized carbons (Fsp3) is 0.375. The van der Waals surface area contributed by atoms with Crippen molar-refractivity contribution in [1.82, 2.24) is 5.32 Å². The van der Waals surface area contributed by atoms with Crippen LogP contribution in [0.2, 0.25) is 0 Å². The van der Waals surface area contributed by atoms with E-state index in [0.717, 1.165) is 50.6 Å². The summed E-state index contributed by atoms with van der Waals surface area (Å²) in [5.41, 5.74) is 1.18. The molecule has 1 aliphatic heterocycles. The van der Waals surface area contributed by atoms with E-state index < -0.39 is 0 Å². The first-order valence-corrected chi connectivity index (χ1v) is 7.92. The minimum Gasteiger partial charge on any atom is -0.490 e. The molecule has 1 aromatic heterocycles. The van der Waals surface area contributed by atoms with Crippen molar-refractivity contribution in [3.63, 3.8) is 0 Å². The summed E-state index contributed by atoms with van der Waals surface area (Å²) in [5, 5.41) is 5.60. The standard InChI is InChI=1S/C16H19NO2S/c1-4-13(12-17-8-7-14-5-2-11-20-14)16-15(6-1)18-9-3-10-19-16/h1-2,4-6,11,17H,3,7-10,12H2. The van der Waals surface area contributed by atoms with Crippen LogP contribution >= 0.6 is 11.3 Å². The molecule has 0 bridgehead atoms. The van der Waals surface area contributed by atoms with Gasteiger partial charge in [0, 0.05) is 30.0 Å². The molecule has 20 heavy (non-hydrogen) atoms. The van der Waals surface area contributed by atoms with Gasteiger partial charge in [-0.2, -0.15) is 0 Å². The third-order valence-corrected chi connectivity index (χ3v) is 4.23. The quantitative estimate of drug-likeness (QED) is 0.857. The maximum atomic E-state index is 5.82. The Morgan fingerprint density at radius 3 is 2.95 bits per heavy atom. The number of nitrogens with one attached hydrogen (secondary N) is 1. The Labute approximate surface area is 123 Å². The van der Waals surface area contributed by atoms with Gasteiger partial charge >= 0.3 is 0 Å².